The van der Waals surface area contributed by atoms with Gasteiger partial charge < -0.3 is 0 Å². The Labute approximate surface area is 330 Å². The summed E-state index contributed by atoms with van der Waals surface area (Å²) in [5, 5.41) is 0. The summed E-state index contributed by atoms with van der Waals surface area (Å²) in [6, 6.07) is 5.69. The van der Waals surface area contributed by atoms with Crippen molar-refractivity contribution >= 4 is 11.1 Å². The zero-order valence-corrected chi connectivity index (χ0v) is 35.9. The molecule has 0 aliphatic heterocycles. The quantitative estimate of drug-likeness (QED) is 0.189. The van der Waals surface area contributed by atoms with Crippen molar-refractivity contribution in [3.63, 3.8) is 0 Å². The lowest BCUT2D eigenvalue weighted by molar-refractivity contribution is 0.267. The van der Waals surface area contributed by atoms with Crippen LogP contribution in [0.4, 0.5) is 0 Å². The van der Waals surface area contributed by atoms with Crippen LogP contribution in [0.1, 0.15) is 150 Å². The smallest absolute Gasteiger partial charge is 0.0206 e. The van der Waals surface area contributed by atoms with Gasteiger partial charge in [0.15, 0.2) is 0 Å². The summed E-state index contributed by atoms with van der Waals surface area (Å²) in [7, 11) is 0. The van der Waals surface area contributed by atoms with E-state index in [-0.39, 0.29) is 10.8 Å². The third-order valence-electron chi connectivity index (χ3n) is 15.4. The predicted octanol–water partition coefficient (Wildman–Crippen LogP) is 14.9. The molecular formula is C54H71-. The van der Waals surface area contributed by atoms with Gasteiger partial charge in [0.2, 0.25) is 0 Å². The van der Waals surface area contributed by atoms with Crippen molar-refractivity contribution in [2.24, 2.45) is 59.2 Å². The third-order valence-corrected chi connectivity index (χ3v) is 15.4. The van der Waals surface area contributed by atoms with Gasteiger partial charge in [0.25, 0.3) is 0 Å². The molecule has 1 saturated carbocycles. The summed E-state index contributed by atoms with van der Waals surface area (Å²) in [6.45, 7) is 27.3. The second-order valence-corrected chi connectivity index (χ2v) is 20.5. The van der Waals surface area contributed by atoms with Gasteiger partial charge in [-0.3, -0.25) is 0 Å². The normalized spacial score (nSPS) is 29.9. The predicted molar refractivity (Wildman–Crippen MR) is 234 cm³/mol. The lowest BCUT2D eigenvalue weighted by Gasteiger charge is -2.56. The summed E-state index contributed by atoms with van der Waals surface area (Å²) < 4.78 is 0. The van der Waals surface area contributed by atoms with E-state index in [1.165, 1.54) is 51.4 Å². The Hall–Kier alpha value is -2.99. The van der Waals surface area contributed by atoms with Crippen molar-refractivity contribution < 1.29 is 0 Å². The molecule has 7 aliphatic rings. The average Bonchev–Trinajstić information content (AvgIpc) is 3.81. The number of fused-ring (bicyclic) bond motifs is 7. The number of hydrogen-bond donors (Lipinski definition) is 0. The van der Waals surface area contributed by atoms with Gasteiger partial charge in [0.05, 0.1) is 0 Å². The fourth-order valence-electron chi connectivity index (χ4n) is 12.7. The minimum absolute atomic E-state index is 0.00711. The first-order valence-corrected chi connectivity index (χ1v) is 22.5. The maximum Gasteiger partial charge on any atom is 0.0206 e. The maximum absolute atomic E-state index is 2.89. The molecule has 0 radical (unpaired) electrons. The molecule has 0 nitrogen and oxygen atoms in total. The van der Waals surface area contributed by atoms with Gasteiger partial charge in [-0.2, -0.15) is 5.57 Å². The molecule has 0 N–H and O–H groups in total. The number of benzene rings is 1. The van der Waals surface area contributed by atoms with Crippen molar-refractivity contribution in [3.05, 3.63) is 123 Å². The summed E-state index contributed by atoms with van der Waals surface area (Å²) in [6.07, 6.45) is 35.2. The van der Waals surface area contributed by atoms with Crippen LogP contribution in [-0.4, -0.2) is 0 Å². The van der Waals surface area contributed by atoms with Crippen LogP contribution in [0.15, 0.2) is 94.7 Å². The van der Waals surface area contributed by atoms with Crippen molar-refractivity contribution in [1.29, 1.82) is 0 Å². The summed E-state index contributed by atoms with van der Waals surface area (Å²) >= 11 is 0. The molecule has 0 bridgehead atoms. The summed E-state index contributed by atoms with van der Waals surface area (Å²) in [4.78, 5) is 0. The fourth-order valence-corrected chi connectivity index (χ4v) is 12.7. The molecule has 0 amide bonds. The van der Waals surface area contributed by atoms with E-state index in [9.17, 15) is 0 Å². The highest BCUT2D eigenvalue weighted by Crippen LogP contribution is 2.68. The summed E-state index contributed by atoms with van der Waals surface area (Å²) in [5.41, 5.74) is 18.4. The molecule has 8 rings (SSSR count). The fraction of sp³-hybridized carbons (Fsp3) is 0.574. The molecule has 0 saturated heterocycles. The van der Waals surface area contributed by atoms with E-state index < -0.39 is 0 Å². The van der Waals surface area contributed by atoms with E-state index in [4.69, 9.17) is 0 Å². The van der Waals surface area contributed by atoms with E-state index >= 15 is 0 Å². The van der Waals surface area contributed by atoms with Crippen molar-refractivity contribution in [2.45, 2.75) is 138 Å². The molecule has 7 aliphatic carbocycles. The lowest BCUT2D eigenvalue weighted by atomic mass is 9.48. The van der Waals surface area contributed by atoms with Gasteiger partial charge >= 0.3 is 0 Å². The first-order chi connectivity index (χ1) is 25.8. The first-order valence-electron chi connectivity index (χ1n) is 22.5. The Bertz CT molecular complexity index is 1890. The van der Waals surface area contributed by atoms with Crippen LogP contribution in [0.5, 0.6) is 0 Å². The average molecular weight is 720 g/mol. The highest BCUT2D eigenvalue weighted by atomic mass is 14.6. The van der Waals surface area contributed by atoms with Crippen LogP contribution in [0.3, 0.4) is 0 Å². The molecule has 6 atom stereocenters. The van der Waals surface area contributed by atoms with E-state index in [2.05, 4.69) is 149 Å². The molecule has 6 unspecified atom stereocenters. The van der Waals surface area contributed by atoms with Crippen LogP contribution in [0, 0.1) is 65.6 Å². The van der Waals surface area contributed by atoms with E-state index in [0.29, 0.717) is 59.2 Å². The van der Waals surface area contributed by atoms with E-state index in [1.54, 1.807) is 55.7 Å². The molecule has 288 valence electrons. The first kappa shape index (κ1) is 37.9. The molecule has 1 aromatic carbocycles. The number of rotatable bonds is 12. The molecule has 0 aromatic heterocycles. The molecule has 54 heavy (non-hydrogen) atoms. The minimum atomic E-state index is 0.00711. The van der Waals surface area contributed by atoms with Crippen LogP contribution in [0.25, 0.3) is 11.1 Å². The zero-order valence-electron chi connectivity index (χ0n) is 35.9. The van der Waals surface area contributed by atoms with Crippen molar-refractivity contribution in [1.82, 2.24) is 0 Å². The highest BCUT2D eigenvalue weighted by molar-refractivity contribution is 5.99. The second kappa shape index (κ2) is 14.2. The van der Waals surface area contributed by atoms with Crippen LogP contribution in [0.2, 0.25) is 0 Å². The van der Waals surface area contributed by atoms with Crippen LogP contribution in [-0.2, 0) is 10.8 Å². The minimum Gasteiger partial charge on any atom is -0.224 e. The van der Waals surface area contributed by atoms with Gasteiger partial charge in [0, 0.05) is 22.7 Å². The second-order valence-electron chi connectivity index (χ2n) is 20.5. The molecular weight excluding hydrogens is 649 g/mol. The molecule has 1 fully saturated rings. The Kier molecular flexibility index (Phi) is 9.96. The van der Waals surface area contributed by atoms with Gasteiger partial charge in [-0.05, 0) is 127 Å². The molecule has 0 spiro atoms. The molecule has 0 heteroatoms. The van der Waals surface area contributed by atoms with Crippen molar-refractivity contribution in [3.8, 4) is 0 Å². The Morgan fingerprint density at radius 2 is 1.20 bits per heavy atom. The lowest BCUT2D eigenvalue weighted by Crippen LogP contribution is -2.48. The topological polar surface area (TPSA) is 0 Å². The van der Waals surface area contributed by atoms with Crippen LogP contribution < -0.4 is 0 Å². The zero-order chi connectivity index (χ0) is 38.3. The van der Waals surface area contributed by atoms with Gasteiger partial charge in [-0.15, -0.1) is 0 Å². The van der Waals surface area contributed by atoms with Gasteiger partial charge in [-0.25, -0.2) is 12.5 Å². The monoisotopic (exact) mass is 720 g/mol. The van der Waals surface area contributed by atoms with E-state index in [1.807, 2.05) is 5.57 Å². The van der Waals surface area contributed by atoms with Gasteiger partial charge in [-0.1, -0.05) is 164 Å². The van der Waals surface area contributed by atoms with Gasteiger partial charge in [0.1, 0.15) is 0 Å². The Morgan fingerprint density at radius 3 is 1.80 bits per heavy atom. The number of allylic oxidation sites excluding steroid dienone is 16. The standard InChI is InChI=1S/C54H71/c1-12-39-45-31-48-52(37(11)50(45)42-18-13-15-36(10)49(39)42)54(27-23-34(6)7,28-24-35(8)9)47-30-44-41-20-19-38-16-14-17-40(51(38)41)43(44)29-46(47)53(48,25-21-32(2)3)26-22-33(4)5/h12-20,29-38,49-51H,21-28H2,1-11H3/q-1/b39-12-. The SMILES string of the molecule is C/C=C1/C2=CC3=C(C(C)C2C2=CC=CC(C)C21)C(CCC(C)C)(CCC(C)C)c1cc2c(cc1C3(CCC(C)C)CCC(C)C)C1=CC=CC3[CH-]C=C2C13. The van der Waals surface area contributed by atoms with Crippen LogP contribution >= 0.6 is 0 Å². The number of hydrogen-bond acceptors (Lipinski definition) is 0. The molecule has 1 aromatic rings. The third kappa shape index (κ3) is 5.76. The van der Waals surface area contributed by atoms with E-state index in [0.717, 1.165) is 0 Å². The van der Waals surface area contributed by atoms with Crippen molar-refractivity contribution in [2.75, 3.05) is 0 Å². The molecule has 0 heterocycles. The largest absolute Gasteiger partial charge is 0.224 e. The highest BCUT2D eigenvalue weighted by Gasteiger charge is 2.57. The Balaban J connectivity index is 1.48. The maximum atomic E-state index is 2.89. The summed E-state index contributed by atoms with van der Waals surface area (Å²) in [5.74, 6) is 5.68. The Morgan fingerprint density at radius 1 is 0.648 bits per heavy atom.